The van der Waals surface area contributed by atoms with Crippen molar-refractivity contribution in [3.05, 3.63) is 0 Å². The van der Waals surface area contributed by atoms with Crippen LogP contribution in [0.5, 0.6) is 0 Å². The molecule has 5 heteroatoms. The van der Waals surface area contributed by atoms with Gasteiger partial charge in [0.05, 0.1) is 0 Å². The van der Waals surface area contributed by atoms with Gasteiger partial charge in [0.1, 0.15) is 9.84 Å². The van der Waals surface area contributed by atoms with Crippen LogP contribution in [0.25, 0.3) is 0 Å². The fraction of sp³-hybridized carbons (Fsp3) is 1.00. The van der Waals surface area contributed by atoms with E-state index < -0.39 is 18.2 Å². The van der Waals surface area contributed by atoms with Gasteiger partial charge >= 0.3 is 0 Å². The first kappa shape index (κ1) is 11.1. The molecule has 0 radical (unpaired) electrons. The summed E-state index contributed by atoms with van der Waals surface area (Å²) in [5.41, 5.74) is 0. The molecule has 0 atom stereocenters. The monoisotopic (exact) mass is 198 g/mol. The Morgan fingerprint density at radius 3 is 2.09 bits per heavy atom. The van der Waals surface area contributed by atoms with E-state index in [4.69, 9.17) is 0 Å². The number of hydrogen-bond donors (Lipinski definition) is 0. The molecular formula is C6H15FO2SSi. The molecule has 0 unspecified atom stereocenters. The topological polar surface area (TPSA) is 34.1 Å². The Morgan fingerprint density at radius 1 is 1.36 bits per heavy atom. The minimum absolute atomic E-state index is 0.118. The highest BCUT2D eigenvalue weighted by molar-refractivity contribution is 7.90. The van der Waals surface area contributed by atoms with Gasteiger partial charge in [0.25, 0.3) is 0 Å². The van der Waals surface area contributed by atoms with Crippen LogP contribution in [0.1, 0.15) is 6.42 Å². The van der Waals surface area contributed by atoms with Crippen molar-refractivity contribution in [3.63, 3.8) is 0 Å². The molecule has 0 bridgehead atoms. The van der Waals surface area contributed by atoms with E-state index in [1.807, 2.05) is 0 Å². The molecule has 0 aliphatic rings. The fourth-order valence-electron chi connectivity index (χ4n) is 0.755. The van der Waals surface area contributed by atoms with Crippen molar-refractivity contribution in [2.24, 2.45) is 0 Å². The summed E-state index contributed by atoms with van der Waals surface area (Å²) in [5.74, 6) is 0.118. The summed E-state index contributed by atoms with van der Waals surface area (Å²) in [7, 11) is -5.41. The van der Waals surface area contributed by atoms with Crippen molar-refractivity contribution >= 4 is 18.2 Å². The highest BCUT2D eigenvalue weighted by atomic mass is 32.2. The van der Waals surface area contributed by atoms with Gasteiger partial charge < -0.3 is 4.11 Å². The van der Waals surface area contributed by atoms with Gasteiger partial charge in [-0.1, -0.05) is 0 Å². The van der Waals surface area contributed by atoms with Crippen LogP contribution in [0.4, 0.5) is 4.11 Å². The Balaban J connectivity index is 3.61. The summed E-state index contributed by atoms with van der Waals surface area (Å²) >= 11 is 0. The third-order valence-electron chi connectivity index (χ3n) is 1.29. The van der Waals surface area contributed by atoms with E-state index in [2.05, 4.69) is 0 Å². The van der Waals surface area contributed by atoms with Crippen molar-refractivity contribution in [2.45, 2.75) is 25.6 Å². The van der Waals surface area contributed by atoms with Gasteiger partial charge in [0, 0.05) is 12.0 Å². The second-order valence-electron chi connectivity index (χ2n) is 3.45. The van der Waals surface area contributed by atoms with E-state index in [-0.39, 0.29) is 5.75 Å². The molecule has 11 heavy (non-hydrogen) atoms. The van der Waals surface area contributed by atoms with Crippen molar-refractivity contribution < 1.29 is 12.5 Å². The van der Waals surface area contributed by atoms with Gasteiger partial charge in [0.15, 0.2) is 0 Å². The Hall–Kier alpha value is 0.0969. The van der Waals surface area contributed by atoms with Gasteiger partial charge in [0.2, 0.25) is 8.41 Å². The van der Waals surface area contributed by atoms with Crippen LogP contribution in [0.15, 0.2) is 0 Å². The first-order chi connectivity index (χ1) is 4.71. The van der Waals surface area contributed by atoms with Crippen LogP contribution in [0.3, 0.4) is 0 Å². The van der Waals surface area contributed by atoms with Gasteiger partial charge in [-0.15, -0.1) is 0 Å². The molecular weight excluding hydrogens is 183 g/mol. The summed E-state index contributed by atoms with van der Waals surface area (Å²) in [4.78, 5) is 0. The van der Waals surface area contributed by atoms with Crippen molar-refractivity contribution in [2.75, 3.05) is 12.0 Å². The average molecular weight is 198 g/mol. The van der Waals surface area contributed by atoms with Crippen molar-refractivity contribution in [1.82, 2.24) is 0 Å². The molecule has 0 fully saturated rings. The average Bonchev–Trinajstić information content (AvgIpc) is 1.55. The molecule has 68 valence electrons. The zero-order chi connectivity index (χ0) is 9.12. The maximum Gasteiger partial charge on any atom is 0.241 e. The van der Waals surface area contributed by atoms with E-state index in [1.165, 1.54) is 6.26 Å². The van der Waals surface area contributed by atoms with Crippen LogP contribution in [0, 0.1) is 0 Å². The molecule has 0 rings (SSSR count). The normalized spacial score (nSPS) is 13.5. The van der Waals surface area contributed by atoms with Crippen LogP contribution in [-0.2, 0) is 9.84 Å². The predicted octanol–water partition coefficient (Wildman–Crippen LogP) is 1.60. The first-order valence-electron chi connectivity index (χ1n) is 3.57. The molecule has 0 aromatic carbocycles. The Morgan fingerprint density at radius 2 is 1.82 bits per heavy atom. The fourth-order valence-corrected chi connectivity index (χ4v) is 2.70. The zero-order valence-corrected chi connectivity index (χ0v) is 9.04. The molecule has 0 heterocycles. The van der Waals surface area contributed by atoms with Crippen molar-refractivity contribution in [3.8, 4) is 0 Å². The van der Waals surface area contributed by atoms with Gasteiger partial charge in [-0.25, -0.2) is 8.42 Å². The van der Waals surface area contributed by atoms with Gasteiger partial charge in [-0.05, 0) is 25.6 Å². The number of rotatable bonds is 4. The molecule has 0 aromatic heterocycles. The lowest BCUT2D eigenvalue weighted by atomic mass is 10.6. The number of halogens is 1. The SMILES string of the molecule is C[Si](C)(F)CCCS(C)(=O)=O. The van der Waals surface area contributed by atoms with Crippen LogP contribution in [-0.4, -0.2) is 28.8 Å². The largest absolute Gasteiger partial charge is 0.314 e. The molecule has 0 saturated heterocycles. The molecule has 0 aliphatic carbocycles. The highest BCUT2D eigenvalue weighted by Gasteiger charge is 2.19. The zero-order valence-electron chi connectivity index (χ0n) is 7.22. The summed E-state index contributed by atoms with van der Waals surface area (Å²) in [6.45, 7) is 3.19. The Bertz CT molecular complexity index is 205. The standard InChI is InChI=1S/C6H15FO2SSi/c1-10(8,9)5-4-6-11(2,3)7/h4-6H2,1-3H3. The number of hydrogen-bond acceptors (Lipinski definition) is 2. The second kappa shape index (κ2) is 3.67. The summed E-state index contributed by atoms with van der Waals surface area (Å²) in [6.07, 6.45) is 1.65. The molecule has 2 nitrogen and oxygen atoms in total. The summed E-state index contributed by atoms with van der Waals surface area (Å²) < 4.78 is 34.1. The summed E-state index contributed by atoms with van der Waals surface area (Å²) in [6, 6.07) is 0.445. The Kier molecular flexibility index (Phi) is 3.70. The predicted molar refractivity (Wildman–Crippen MR) is 47.7 cm³/mol. The summed E-state index contributed by atoms with van der Waals surface area (Å²) in [5, 5.41) is 0. The first-order valence-corrected chi connectivity index (χ1v) is 8.72. The molecule has 0 saturated carbocycles. The lowest BCUT2D eigenvalue weighted by Crippen LogP contribution is -2.18. The molecule has 0 amide bonds. The van der Waals surface area contributed by atoms with Gasteiger partial charge in [-0.2, -0.15) is 0 Å². The molecule has 0 aromatic rings. The van der Waals surface area contributed by atoms with E-state index in [0.29, 0.717) is 12.5 Å². The van der Waals surface area contributed by atoms with Crippen LogP contribution in [0.2, 0.25) is 19.1 Å². The van der Waals surface area contributed by atoms with Gasteiger partial charge in [-0.3, -0.25) is 0 Å². The van der Waals surface area contributed by atoms with Crippen molar-refractivity contribution in [1.29, 1.82) is 0 Å². The van der Waals surface area contributed by atoms with E-state index in [9.17, 15) is 12.5 Å². The lowest BCUT2D eigenvalue weighted by Gasteiger charge is -2.08. The Labute approximate surface area is 68.9 Å². The molecule has 0 aliphatic heterocycles. The van der Waals surface area contributed by atoms with Crippen LogP contribution >= 0.6 is 0 Å². The third-order valence-corrected chi connectivity index (χ3v) is 3.86. The van der Waals surface area contributed by atoms with Crippen LogP contribution < -0.4 is 0 Å². The number of sulfone groups is 1. The molecule has 0 spiro atoms. The van der Waals surface area contributed by atoms with E-state index in [0.717, 1.165) is 0 Å². The minimum Gasteiger partial charge on any atom is -0.314 e. The van der Waals surface area contributed by atoms with E-state index >= 15 is 0 Å². The lowest BCUT2D eigenvalue weighted by molar-refractivity contribution is 0.600. The maximum atomic E-state index is 12.9. The molecule has 0 N–H and O–H groups in total. The minimum atomic E-state index is -2.89. The smallest absolute Gasteiger partial charge is 0.241 e. The quantitative estimate of drug-likeness (QED) is 0.508. The highest BCUT2D eigenvalue weighted by Crippen LogP contribution is 2.13. The maximum absolute atomic E-state index is 12.9. The third kappa shape index (κ3) is 10.1. The van der Waals surface area contributed by atoms with E-state index in [1.54, 1.807) is 13.1 Å². The second-order valence-corrected chi connectivity index (χ2v) is 9.65.